The zero-order valence-electron chi connectivity index (χ0n) is 10.4. The Bertz CT molecular complexity index is 328. The molecule has 0 aliphatic heterocycles. The second kappa shape index (κ2) is 8.03. The molecule has 0 aliphatic carbocycles. The minimum atomic E-state index is -0.237. The molecule has 3 nitrogen and oxygen atoms in total. The molecule has 0 radical (unpaired) electrons. The van der Waals surface area contributed by atoms with Gasteiger partial charge < -0.3 is 14.2 Å². The van der Waals surface area contributed by atoms with Crippen molar-refractivity contribution in [2.45, 2.75) is 13.3 Å². The first-order chi connectivity index (χ1) is 8.24. The van der Waals surface area contributed by atoms with Crippen LogP contribution in [0, 0.1) is 12.7 Å². The summed E-state index contributed by atoms with van der Waals surface area (Å²) in [5.41, 5.74) is 0.625. The Balaban J connectivity index is 2.11. The van der Waals surface area contributed by atoms with E-state index in [0.717, 1.165) is 6.42 Å². The average molecular weight is 242 g/mol. The van der Waals surface area contributed by atoms with Gasteiger partial charge in [0, 0.05) is 26.2 Å². The summed E-state index contributed by atoms with van der Waals surface area (Å²) in [7, 11) is 1.64. The standard InChI is InChI=1S/C13H19FO3/c1-11-4-5-12(10-13(11)14)17-7-3-6-16-9-8-15-2/h4-5,10H,3,6-9H2,1-2H3. The first kappa shape index (κ1) is 13.9. The van der Waals surface area contributed by atoms with Crippen molar-refractivity contribution >= 4 is 0 Å². The molecule has 1 rings (SSSR count). The Morgan fingerprint density at radius 2 is 1.94 bits per heavy atom. The third kappa shape index (κ3) is 5.65. The fraction of sp³-hybridized carbons (Fsp3) is 0.538. The van der Waals surface area contributed by atoms with Gasteiger partial charge in [-0.25, -0.2) is 4.39 Å². The van der Waals surface area contributed by atoms with Crippen molar-refractivity contribution in [3.05, 3.63) is 29.6 Å². The topological polar surface area (TPSA) is 27.7 Å². The third-order valence-corrected chi connectivity index (χ3v) is 2.28. The van der Waals surface area contributed by atoms with Crippen LogP contribution in [0.4, 0.5) is 4.39 Å². The zero-order chi connectivity index (χ0) is 12.5. The van der Waals surface area contributed by atoms with Crippen LogP contribution in [0.5, 0.6) is 5.75 Å². The van der Waals surface area contributed by atoms with Gasteiger partial charge in [-0.1, -0.05) is 6.07 Å². The molecule has 0 unspecified atom stereocenters. The highest BCUT2D eigenvalue weighted by Crippen LogP contribution is 2.15. The van der Waals surface area contributed by atoms with Crippen LogP contribution in [-0.2, 0) is 9.47 Å². The van der Waals surface area contributed by atoms with Crippen LogP contribution in [0.3, 0.4) is 0 Å². The highest BCUT2D eigenvalue weighted by Gasteiger charge is 1.99. The van der Waals surface area contributed by atoms with Crippen molar-refractivity contribution in [1.29, 1.82) is 0 Å². The molecule has 0 saturated heterocycles. The minimum absolute atomic E-state index is 0.237. The highest BCUT2D eigenvalue weighted by atomic mass is 19.1. The van der Waals surface area contributed by atoms with Gasteiger partial charge in [-0.3, -0.25) is 0 Å². The van der Waals surface area contributed by atoms with Crippen LogP contribution in [0.15, 0.2) is 18.2 Å². The molecule has 96 valence electrons. The van der Waals surface area contributed by atoms with E-state index in [4.69, 9.17) is 14.2 Å². The Hall–Kier alpha value is -1.13. The number of ether oxygens (including phenoxy) is 3. The van der Waals surface area contributed by atoms with E-state index in [1.807, 2.05) is 0 Å². The molecular formula is C13H19FO3. The summed E-state index contributed by atoms with van der Waals surface area (Å²) >= 11 is 0. The van der Waals surface area contributed by atoms with E-state index in [2.05, 4.69) is 0 Å². The lowest BCUT2D eigenvalue weighted by molar-refractivity contribution is 0.0644. The third-order valence-electron chi connectivity index (χ3n) is 2.28. The lowest BCUT2D eigenvalue weighted by Gasteiger charge is -2.07. The lowest BCUT2D eigenvalue weighted by Crippen LogP contribution is -2.06. The molecule has 0 spiro atoms. The zero-order valence-corrected chi connectivity index (χ0v) is 10.4. The molecule has 0 saturated carbocycles. The van der Waals surface area contributed by atoms with Crippen LogP contribution in [0.1, 0.15) is 12.0 Å². The summed E-state index contributed by atoms with van der Waals surface area (Å²) < 4.78 is 28.7. The van der Waals surface area contributed by atoms with Gasteiger partial charge in [0.15, 0.2) is 0 Å². The SMILES string of the molecule is COCCOCCCOc1ccc(C)c(F)c1. The lowest BCUT2D eigenvalue weighted by atomic mass is 10.2. The van der Waals surface area contributed by atoms with Crippen molar-refractivity contribution in [3.63, 3.8) is 0 Å². The largest absolute Gasteiger partial charge is 0.493 e. The molecule has 0 bridgehead atoms. The van der Waals surface area contributed by atoms with Gasteiger partial charge >= 0.3 is 0 Å². The quantitative estimate of drug-likeness (QED) is 0.656. The van der Waals surface area contributed by atoms with Gasteiger partial charge in [-0.15, -0.1) is 0 Å². The van der Waals surface area contributed by atoms with E-state index in [-0.39, 0.29) is 5.82 Å². The second-order valence-corrected chi connectivity index (χ2v) is 3.72. The molecule has 0 heterocycles. The van der Waals surface area contributed by atoms with Crippen molar-refractivity contribution in [2.24, 2.45) is 0 Å². The molecule has 0 fully saturated rings. The summed E-state index contributed by atoms with van der Waals surface area (Å²) in [6.07, 6.45) is 0.777. The number of benzene rings is 1. The monoisotopic (exact) mass is 242 g/mol. The van der Waals surface area contributed by atoms with E-state index in [9.17, 15) is 4.39 Å². The van der Waals surface area contributed by atoms with Gasteiger partial charge in [-0.05, 0) is 18.6 Å². The Labute approximate surface area is 101 Å². The molecule has 17 heavy (non-hydrogen) atoms. The van der Waals surface area contributed by atoms with Crippen LogP contribution in [0.25, 0.3) is 0 Å². The summed E-state index contributed by atoms with van der Waals surface area (Å²) in [6, 6.07) is 4.88. The van der Waals surface area contributed by atoms with E-state index in [1.54, 1.807) is 26.2 Å². The molecule has 0 N–H and O–H groups in total. The fourth-order valence-corrected chi connectivity index (χ4v) is 1.26. The van der Waals surface area contributed by atoms with Gasteiger partial charge in [0.2, 0.25) is 0 Å². The Morgan fingerprint density at radius 1 is 1.12 bits per heavy atom. The van der Waals surface area contributed by atoms with Crippen molar-refractivity contribution < 1.29 is 18.6 Å². The molecular weight excluding hydrogens is 223 g/mol. The van der Waals surface area contributed by atoms with Crippen molar-refractivity contribution in [1.82, 2.24) is 0 Å². The van der Waals surface area contributed by atoms with Crippen LogP contribution >= 0.6 is 0 Å². The van der Waals surface area contributed by atoms with Crippen LogP contribution in [0.2, 0.25) is 0 Å². The molecule has 0 atom stereocenters. The number of aryl methyl sites for hydroxylation is 1. The van der Waals surface area contributed by atoms with Crippen LogP contribution < -0.4 is 4.74 Å². The molecule has 0 aliphatic rings. The first-order valence-corrected chi connectivity index (χ1v) is 5.69. The van der Waals surface area contributed by atoms with Gasteiger partial charge in [0.05, 0.1) is 19.8 Å². The number of methoxy groups -OCH3 is 1. The van der Waals surface area contributed by atoms with Gasteiger partial charge in [-0.2, -0.15) is 0 Å². The number of hydrogen-bond acceptors (Lipinski definition) is 3. The fourth-order valence-electron chi connectivity index (χ4n) is 1.26. The number of hydrogen-bond donors (Lipinski definition) is 0. The molecule has 4 heteroatoms. The normalized spacial score (nSPS) is 10.5. The smallest absolute Gasteiger partial charge is 0.129 e. The van der Waals surface area contributed by atoms with Crippen molar-refractivity contribution in [2.75, 3.05) is 33.5 Å². The maximum atomic E-state index is 13.2. The average Bonchev–Trinajstić information content (AvgIpc) is 2.32. The van der Waals surface area contributed by atoms with E-state index in [1.165, 1.54) is 6.07 Å². The maximum Gasteiger partial charge on any atom is 0.129 e. The van der Waals surface area contributed by atoms with E-state index in [0.29, 0.717) is 37.7 Å². The Morgan fingerprint density at radius 3 is 2.65 bits per heavy atom. The van der Waals surface area contributed by atoms with Gasteiger partial charge in [0.25, 0.3) is 0 Å². The summed E-state index contributed by atoms with van der Waals surface area (Å²) in [4.78, 5) is 0. The predicted molar refractivity (Wildman–Crippen MR) is 63.9 cm³/mol. The first-order valence-electron chi connectivity index (χ1n) is 5.69. The Kier molecular flexibility index (Phi) is 6.58. The summed E-state index contributed by atoms with van der Waals surface area (Å²) in [5.74, 6) is 0.323. The van der Waals surface area contributed by atoms with Crippen LogP contribution in [-0.4, -0.2) is 33.5 Å². The number of rotatable bonds is 8. The predicted octanol–water partition coefficient (Wildman–Crippen LogP) is 2.57. The highest BCUT2D eigenvalue weighted by molar-refractivity contribution is 5.27. The van der Waals surface area contributed by atoms with Gasteiger partial charge in [0.1, 0.15) is 11.6 Å². The molecule has 1 aromatic rings. The molecule has 1 aromatic carbocycles. The molecule has 0 aromatic heterocycles. The minimum Gasteiger partial charge on any atom is -0.493 e. The van der Waals surface area contributed by atoms with E-state index < -0.39 is 0 Å². The summed E-state index contributed by atoms with van der Waals surface area (Å²) in [6.45, 7) is 4.07. The number of halogens is 1. The maximum absolute atomic E-state index is 13.2. The van der Waals surface area contributed by atoms with E-state index >= 15 is 0 Å². The molecule has 0 amide bonds. The second-order valence-electron chi connectivity index (χ2n) is 3.72. The van der Waals surface area contributed by atoms with Crippen molar-refractivity contribution in [3.8, 4) is 5.75 Å². The summed E-state index contributed by atoms with van der Waals surface area (Å²) in [5, 5.41) is 0.